The SMILES string of the molecule is CCc1ccc(Oc2ncccc2F)cc1-c1cnc(NC(=O)c2cnccc2C)cn1. The molecule has 1 aromatic carbocycles. The van der Waals surface area contributed by atoms with Gasteiger partial charge in [0.15, 0.2) is 11.6 Å². The first-order chi connectivity index (χ1) is 15.5. The Balaban J connectivity index is 1.57. The largest absolute Gasteiger partial charge is 0.436 e. The topological polar surface area (TPSA) is 89.9 Å². The van der Waals surface area contributed by atoms with Crippen LogP contribution in [0.15, 0.2) is 67.4 Å². The van der Waals surface area contributed by atoms with Crippen molar-refractivity contribution >= 4 is 11.7 Å². The van der Waals surface area contributed by atoms with E-state index in [1.807, 2.05) is 19.9 Å². The minimum atomic E-state index is -0.544. The highest BCUT2D eigenvalue weighted by Crippen LogP contribution is 2.30. The van der Waals surface area contributed by atoms with Gasteiger partial charge < -0.3 is 10.1 Å². The Hall–Kier alpha value is -4.20. The number of halogens is 1. The van der Waals surface area contributed by atoms with Crippen molar-refractivity contribution in [3.63, 3.8) is 0 Å². The van der Waals surface area contributed by atoms with E-state index in [1.54, 1.807) is 30.6 Å². The lowest BCUT2D eigenvalue weighted by molar-refractivity contribution is 0.102. The van der Waals surface area contributed by atoms with Crippen LogP contribution >= 0.6 is 0 Å². The fraction of sp³-hybridized carbons (Fsp3) is 0.125. The van der Waals surface area contributed by atoms with Crippen molar-refractivity contribution in [2.24, 2.45) is 0 Å². The van der Waals surface area contributed by atoms with Crippen LogP contribution in [0.4, 0.5) is 10.2 Å². The highest BCUT2D eigenvalue weighted by atomic mass is 19.1. The zero-order valence-electron chi connectivity index (χ0n) is 17.5. The number of anilines is 1. The standard InChI is InChI=1S/C24H20FN5O2/c1-3-16-6-7-17(32-24-20(25)5-4-9-27-24)11-18(16)21-13-29-22(14-28-21)30-23(31)19-12-26-10-8-15(19)2/h4-14H,3H2,1-2H3,(H,29,30,31). The van der Waals surface area contributed by atoms with Gasteiger partial charge in [-0.2, -0.15) is 0 Å². The Kier molecular flexibility index (Phi) is 6.12. The Morgan fingerprint density at radius 1 is 1.06 bits per heavy atom. The second-order valence-corrected chi connectivity index (χ2v) is 7.00. The second-order valence-electron chi connectivity index (χ2n) is 7.00. The number of carbonyl (C=O) groups excluding carboxylic acids is 1. The third-order valence-corrected chi connectivity index (χ3v) is 4.85. The first-order valence-corrected chi connectivity index (χ1v) is 10.0. The van der Waals surface area contributed by atoms with Crippen molar-refractivity contribution in [2.75, 3.05) is 5.32 Å². The van der Waals surface area contributed by atoms with Crippen molar-refractivity contribution in [2.45, 2.75) is 20.3 Å². The van der Waals surface area contributed by atoms with E-state index in [9.17, 15) is 9.18 Å². The van der Waals surface area contributed by atoms with Crippen LogP contribution in [-0.4, -0.2) is 25.8 Å². The van der Waals surface area contributed by atoms with Crippen molar-refractivity contribution in [3.05, 3.63) is 89.9 Å². The number of aromatic nitrogens is 4. The molecule has 0 radical (unpaired) electrons. The summed E-state index contributed by atoms with van der Waals surface area (Å²) in [4.78, 5) is 29.2. The fourth-order valence-electron chi connectivity index (χ4n) is 3.14. The lowest BCUT2D eigenvalue weighted by Gasteiger charge is -2.12. The summed E-state index contributed by atoms with van der Waals surface area (Å²) in [6.45, 7) is 3.86. The van der Waals surface area contributed by atoms with Crippen LogP contribution in [0.3, 0.4) is 0 Å². The Morgan fingerprint density at radius 3 is 2.66 bits per heavy atom. The molecule has 0 saturated carbocycles. The summed E-state index contributed by atoms with van der Waals surface area (Å²) in [7, 11) is 0. The average Bonchev–Trinajstić information content (AvgIpc) is 2.81. The van der Waals surface area contributed by atoms with E-state index >= 15 is 0 Å². The number of hydrogen-bond acceptors (Lipinski definition) is 6. The van der Waals surface area contributed by atoms with Gasteiger partial charge in [0.05, 0.1) is 23.7 Å². The van der Waals surface area contributed by atoms with Crippen molar-refractivity contribution in [1.29, 1.82) is 0 Å². The molecule has 3 heterocycles. The van der Waals surface area contributed by atoms with Gasteiger partial charge in [-0.3, -0.25) is 14.8 Å². The lowest BCUT2D eigenvalue weighted by Crippen LogP contribution is -2.14. The molecule has 1 N–H and O–H groups in total. The number of nitrogens with zero attached hydrogens (tertiary/aromatic N) is 4. The Morgan fingerprint density at radius 2 is 1.94 bits per heavy atom. The predicted molar refractivity (Wildman–Crippen MR) is 118 cm³/mol. The minimum Gasteiger partial charge on any atom is -0.436 e. The zero-order valence-corrected chi connectivity index (χ0v) is 17.5. The molecule has 0 spiro atoms. The molecule has 0 atom stereocenters. The quantitative estimate of drug-likeness (QED) is 0.465. The molecule has 0 fully saturated rings. The zero-order chi connectivity index (χ0) is 22.5. The molecule has 4 rings (SSSR count). The summed E-state index contributed by atoms with van der Waals surface area (Å²) in [6, 6.07) is 9.98. The summed E-state index contributed by atoms with van der Waals surface area (Å²) >= 11 is 0. The molecule has 0 aliphatic carbocycles. The molecule has 0 aliphatic rings. The summed E-state index contributed by atoms with van der Waals surface area (Å²) < 4.78 is 19.5. The van der Waals surface area contributed by atoms with Gasteiger partial charge in [0.25, 0.3) is 11.8 Å². The van der Waals surface area contributed by atoms with Gasteiger partial charge in [0, 0.05) is 24.2 Å². The number of nitrogens with one attached hydrogen (secondary N) is 1. The smallest absolute Gasteiger partial charge is 0.258 e. The van der Waals surface area contributed by atoms with E-state index in [0.29, 0.717) is 22.8 Å². The number of aryl methyl sites for hydroxylation is 2. The molecule has 160 valence electrons. The molecule has 4 aromatic rings. The molecular weight excluding hydrogens is 409 g/mol. The maximum absolute atomic E-state index is 13.9. The fourth-order valence-corrected chi connectivity index (χ4v) is 3.14. The van der Waals surface area contributed by atoms with Gasteiger partial charge in [-0.1, -0.05) is 13.0 Å². The molecule has 7 nitrogen and oxygen atoms in total. The molecule has 1 amide bonds. The monoisotopic (exact) mass is 429 g/mol. The number of carbonyl (C=O) groups is 1. The molecule has 0 unspecified atom stereocenters. The van der Waals surface area contributed by atoms with Gasteiger partial charge >= 0.3 is 0 Å². The Labute approximate surface area is 184 Å². The predicted octanol–water partition coefficient (Wildman–Crippen LogP) is 4.99. The maximum atomic E-state index is 13.9. The number of rotatable bonds is 6. The van der Waals surface area contributed by atoms with Gasteiger partial charge in [0.2, 0.25) is 0 Å². The normalized spacial score (nSPS) is 10.6. The van der Waals surface area contributed by atoms with Crippen molar-refractivity contribution in [3.8, 4) is 22.9 Å². The maximum Gasteiger partial charge on any atom is 0.258 e. The molecule has 0 saturated heterocycles. The lowest BCUT2D eigenvalue weighted by atomic mass is 10.0. The van der Waals surface area contributed by atoms with E-state index in [1.165, 1.54) is 30.7 Å². The molecule has 3 aromatic heterocycles. The van der Waals surface area contributed by atoms with Gasteiger partial charge in [-0.05, 0) is 54.8 Å². The van der Waals surface area contributed by atoms with Crippen LogP contribution < -0.4 is 10.1 Å². The molecule has 32 heavy (non-hydrogen) atoms. The van der Waals surface area contributed by atoms with Crippen molar-refractivity contribution < 1.29 is 13.9 Å². The third kappa shape index (κ3) is 4.59. The average molecular weight is 429 g/mol. The van der Waals surface area contributed by atoms with Crippen LogP contribution in [-0.2, 0) is 6.42 Å². The Bertz CT molecular complexity index is 1260. The van der Waals surface area contributed by atoms with Crippen LogP contribution in [0.2, 0.25) is 0 Å². The number of ether oxygens (including phenoxy) is 1. The van der Waals surface area contributed by atoms with Crippen molar-refractivity contribution in [1.82, 2.24) is 19.9 Å². The molecule has 0 aliphatic heterocycles. The van der Waals surface area contributed by atoms with Crippen LogP contribution in [0.1, 0.15) is 28.4 Å². The van der Waals surface area contributed by atoms with E-state index in [0.717, 1.165) is 23.1 Å². The van der Waals surface area contributed by atoms with Gasteiger partial charge in [-0.25, -0.2) is 14.4 Å². The number of hydrogen-bond donors (Lipinski definition) is 1. The third-order valence-electron chi connectivity index (χ3n) is 4.85. The van der Waals surface area contributed by atoms with Gasteiger partial charge in [0.1, 0.15) is 5.75 Å². The number of amides is 1. The number of benzene rings is 1. The van der Waals surface area contributed by atoms with E-state index in [-0.39, 0.29) is 11.8 Å². The van der Waals surface area contributed by atoms with Gasteiger partial charge in [-0.15, -0.1) is 0 Å². The highest BCUT2D eigenvalue weighted by Gasteiger charge is 2.13. The van der Waals surface area contributed by atoms with Crippen LogP contribution in [0.25, 0.3) is 11.3 Å². The minimum absolute atomic E-state index is 0.0995. The summed E-state index contributed by atoms with van der Waals surface area (Å²) in [5, 5.41) is 2.73. The molecular formula is C24H20FN5O2. The summed E-state index contributed by atoms with van der Waals surface area (Å²) in [6.07, 6.45) is 8.43. The second kappa shape index (κ2) is 9.30. The first-order valence-electron chi connectivity index (χ1n) is 10.0. The van der Waals surface area contributed by atoms with Crippen LogP contribution in [0, 0.1) is 12.7 Å². The van der Waals surface area contributed by atoms with E-state index < -0.39 is 5.82 Å². The van der Waals surface area contributed by atoms with Crippen LogP contribution in [0.5, 0.6) is 11.6 Å². The molecule has 0 bridgehead atoms. The number of pyridine rings is 2. The van der Waals surface area contributed by atoms with E-state index in [2.05, 4.69) is 25.3 Å². The first kappa shape index (κ1) is 21.0. The summed E-state index contributed by atoms with van der Waals surface area (Å²) in [5.74, 6) is -0.196. The molecule has 8 heteroatoms. The summed E-state index contributed by atoms with van der Waals surface area (Å²) in [5.41, 5.74) is 3.71. The van der Waals surface area contributed by atoms with E-state index in [4.69, 9.17) is 4.74 Å². The highest BCUT2D eigenvalue weighted by molar-refractivity contribution is 6.04.